The smallest absolute Gasteiger partial charge is 0.330 e. The number of carbonyl (C=O) groups excluding carboxylic acids is 3. The van der Waals surface area contributed by atoms with Crippen molar-refractivity contribution >= 4 is 17.8 Å². The maximum Gasteiger partial charge on any atom is 0.330 e. The molecule has 0 N–H and O–H groups in total. The molecule has 2 aromatic rings. The molecule has 0 saturated heterocycles. The SMILES string of the molecule is CC[C@@H](C)[C@@H](C(=O)OCc1cc(=O)n(C)c(=O)n1C)N1C(=O)c2ccccc2C1=O. The molecule has 0 unspecified atom stereocenters. The van der Waals surface area contributed by atoms with Crippen molar-refractivity contribution in [1.29, 1.82) is 0 Å². The third-order valence-corrected chi connectivity index (χ3v) is 5.52. The minimum absolute atomic E-state index is 0.210. The van der Waals surface area contributed by atoms with Crippen LogP contribution in [0.1, 0.15) is 46.7 Å². The first kappa shape index (κ1) is 21.2. The number of rotatable bonds is 6. The Morgan fingerprint density at radius 3 is 2.10 bits per heavy atom. The van der Waals surface area contributed by atoms with Crippen molar-refractivity contribution in [2.45, 2.75) is 32.9 Å². The standard InChI is InChI=1S/C21H23N3O6/c1-5-12(2)17(24-18(26)14-8-6-7-9-15(14)19(24)27)20(28)30-11-13-10-16(25)23(4)21(29)22(13)3/h6-10,12,17H,5,11H2,1-4H3/t12-,17+/m1/s1. The molecule has 1 aliphatic heterocycles. The molecule has 2 heterocycles. The van der Waals surface area contributed by atoms with E-state index in [0.29, 0.717) is 6.42 Å². The molecule has 3 rings (SSSR count). The Hall–Kier alpha value is -3.49. The van der Waals surface area contributed by atoms with Crippen LogP contribution in [0.25, 0.3) is 0 Å². The van der Waals surface area contributed by atoms with Crippen LogP contribution in [0.5, 0.6) is 0 Å². The quantitative estimate of drug-likeness (QED) is 0.513. The van der Waals surface area contributed by atoms with Crippen LogP contribution in [-0.4, -0.2) is 37.9 Å². The van der Waals surface area contributed by atoms with E-state index in [2.05, 4.69) is 0 Å². The number of benzene rings is 1. The molecule has 2 amide bonds. The molecule has 0 spiro atoms. The van der Waals surface area contributed by atoms with Gasteiger partial charge in [-0.05, 0) is 18.1 Å². The number of fused-ring (bicyclic) bond motifs is 1. The van der Waals surface area contributed by atoms with E-state index < -0.39 is 35.1 Å². The highest BCUT2D eigenvalue weighted by Crippen LogP contribution is 2.28. The predicted molar refractivity (Wildman–Crippen MR) is 107 cm³/mol. The van der Waals surface area contributed by atoms with Gasteiger partial charge < -0.3 is 4.74 Å². The summed E-state index contributed by atoms with van der Waals surface area (Å²) in [6.45, 7) is 3.26. The fourth-order valence-electron chi connectivity index (χ4n) is 3.42. The molecule has 1 aliphatic rings. The second-order valence-electron chi connectivity index (χ2n) is 7.34. The van der Waals surface area contributed by atoms with Crippen LogP contribution in [0.3, 0.4) is 0 Å². The maximum absolute atomic E-state index is 13.0. The minimum atomic E-state index is -1.12. The fraction of sp³-hybridized carbons (Fsp3) is 0.381. The highest BCUT2D eigenvalue weighted by molar-refractivity contribution is 6.22. The molecule has 0 fully saturated rings. The summed E-state index contributed by atoms with van der Waals surface area (Å²) in [5.74, 6) is -2.21. The van der Waals surface area contributed by atoms with E-state index in [1.54, 1.807) is 31.2 Å². The van der Waals surface area contributed by atoms with Crippen LogP contribution in [0, 0.1) is 5.92 Å². The zero-order valence-electron chi connectivity index (χ0n) is 17.2. The molecule has 1 aromatic carbocycles. The zero-order valence-corrected chi connectivity index (χ0v) is 17.2. The number of imide groups is 1. The first-order valence-corrected chi connectivity index (χ1v) is 9.58. The highest BCUT2D eigenvalue weighted by atomic mass is 16.5. The number of aromatic nitrogens is 2. The molecule has 0 bridgehead atoms. The van der Waals surface area contributed by atoms with E-state index in [-0.39, 0.29) is 29.3 Å². The number of esters is 1. The van der Waals surface area contributed by atoms with E-state index in [9.17, 15) is 24.0 Å². The second kappa shape index (κ2) is 8.10. The number of hydrogen-bond donors (Lipinski definition) is 0. The van der Waals surface area contributed by atoms with Crippen molar-refractivity contribution in [3.63, 3.8) is 0 Å². The lowest BCUT2D eigenvalue weighted by Gasteiger charge is -2.29. The van der Waals surface area contributed by atoms with Crippen LogP contribution in [-0.2, 0) is 30.2 Å². The van der Waals surface area contributed by atoms with Crippen molar-refractivity contribution < 1.29 is 19.1 Å². The lowest BCUT2D eigenvalue weighted by Crippen LogP contribution is -2.49. The molecule has 0 radical (unpaired) electrons. The van der Waals surface area contributed by atoms with Gasteiger partial charge >= 0.3 is 11.7 Å². The van der Waals surface area contributed by atoms with E-state index in [4.69, 9.17) is 4.74 Å². The molecule has 0 aliphatic carbocycles. The molecule has 9 nitrogen and oxygen atoms in total. The fourth-order valence-corrected chi connectivity index (χ4v) is 3.42. The van der Waals surface area contributed by atoms with Gasteiger partial charge in [-0.25, -0.2) is 9.59 Å². The van der Waals surface area contributed by atoms with Gasteiger partial charge in [0.25, 0.3) is 17.4 Å². The maximum atomic E-state index is 13.0. The third kappa shape index (κ3) is 3.47. The third-order valence-electron chi connectivity index (χ3n) is 5.52. The monoisotopic (exact) mass is 413 g/mol. The van der Waals surface area contributed by atoms with Crippen LogP contribution >= 0.6 is 0 Å². The summed E-state index contributed by atoms with van der Waals surface area (Å²) in [5, 5.41) is 0. The van der Waals surface area contributed by atoms with Gasteiger partial charge in [0.15, 0.2) is 0 Å². The van der Waals surface area contributed by atoms with Crippen molar-refractivity contribution in [2.75, 3.05) is 0 Å². The zero-order chi connectivity index (χ0) is 22.2. The minimum Gasteiger partial charge on any atom is -0.458 e. The number of carbonyl (C=O) groups is 3. The van der Waals surface area contributed by atoms with Gasteiger partial charge in [0.05, 0.1) is 16.8 Å². The van der Waals surface area contributed by atoms with E-state index in [1.807, 2.05) is 6.92 Å². The lowest BCUT2D eigenvalue weighted by atomic mass is 9.97. The molecular formula is C21H23N3O6. The number of amides is 2. The molecule has 2 atom stereocenters. The molecule has 158 valence electrons. The largest absolute Gasteiger partial charge is 0.458 e. The van der Waals surface area contributed by atoms with E-state index in [1.165, 1.54) is 24.7 Å². The van der Waals surface area contributed by atoms with Crippen molar-refractivity contribution in [3.8, 4) is 0 Å². The summed E-state index contributed by atoms with van der Waals surface area (Å²) in [6.07, 6.45) is 0.525. The first-order chi connectivity index (χ1) is 14.2. The topological polar surface area (TPSA) is 108 Å². The average Bonchev–Trinajstić information content (AvgIpc) is 2.99. The number of nitrogens with zero attached hydrogens (tertiary/aromatic N) is 3. The Balaban J connectivity index is 1.88. The Morgan fingerprint density at radius 2 is 1.57 bits per heavy atom. The Kier molecular flexibility index (Phi) is 5.73. The van der Waals surface area contributed by atoms with Crippen molar-refractivity contribution in [3.05, 3.63) is 68.0 Å². The average molecular weight is 413 g/mol. The molecule has 30 heavy (non-hydrogen) atoms. The first-order valence-electron chi connectivity index (χ1n) is 9.58. The van der Waals surface area contributed by atoms with E-state index >= 15 is 0 Å². The van der Waals surface area contributed by atoms with Gasteiger partial charge in [-0.2, -0.15) is 0 Å². The highest BCUT2D eigenvalue weighted by Gasteiger charge is 2.45. The van der Waals surface area contributed by atoms with Crippen molar-refractivity contribution in [2.24, 2.45) is 20.0 Å². The molecule has 0 saturated carbocycles. The van der Waals surface area contributed by atoms with Crippen molar-refractivity contribution in [1.82, 2.24) is 14.0 Å². The summed E-state index contributed by atoms with van der Waals surface area (Å²) in [5.41, 5.74) is -0.368. The molecule has 9 heteroatoms. The Labute approximate surface area is 172 Å². The molecule has 1 aromatic heterocycles. The summed E-state index contributed by atoms with van der Waals surface area (Å²) in [4.78, 5) is 63.5. The van der Waals surface area contributed by atoms with Crippen LogP contribution < -0.4 is 11.2 Å². The number of ether oxygens (including phenoxy) is 1. The number of hydrogen-bond acceptors (Lipinski definition) is 6. The van der Waals surface area contributed by atoms with Gasteiger partial charge in [0.1, 0.15) is 12.6 Å². The van der Waals surface area contributed by atoms with Gasteiger partial charge in [-0.15, -0.1) is 0 Å². The van der Waals surface area contributed by atoms with Gasteiger partial charge in [0, 0.05) is 20.2 Å². The summed E-state index contributed by atoms with van der Waals surface area (Å²) >= 11 is 0. The Morgan fingerprint density at radius 1 is 1.00 bits per heavy atom. The predicted octanol–water partition coefficient (Wildman–Crippen LogP) is 0.838. The van der Waals surface area contributed by atoms with Crippen LogP contribution in [0.4, 0.5) is 0 Å². The van der Waals surface area contributed by atoms with Gasteiger partial charge in [-0.1, -0.05) is 32.4 Å². The van der Waals surface area contributed by atoms with Gasteiger partial charge in [0.2, 0.25) is 0 Å². The lowest BCUT2D eigenvalue weighted by molar-refractivity contribution is -0.151. The summed E-state index contributed by atoms with van der Waals surface area (Å²) in [7, 11) is 2.81. The Bertz CT molecular complexity index is 1110. The van der Waals surface area contributed by atoms with Gasteiger partial charge in [-0.3, -0.25) is 28.4 Å². The molecular weight excluding hydrogens is 390 g/mol. The van der Waals surface area contributed by atoms with Crippen LogP contribution in [0.15, 0.2) is 39.9 Å². The second-order valence-corrected chi connectivity index (χ2v) is 7.34. The normalized spacial score (nSPS) is 15.1. The van der Waals surface area contributed by atoms with E-state index in [0.717, 1.165) is 9.47 Å². The summed E-state index contributed by atoms with van der Waals surface area (Å²) in [6, 6.07) is 6.48. The van der Waals surface area contributed by atoms with Crippen LogP contribution in [0.2, 0.25) is 0 Å². The summed E-state index contributed by atoms with van der Waals surface area (Å²) < 4.78 is 7.50.